The number of benzene rings is 1. The summed E-state index contributed by atoms with van der Waals surface area (Å²) >= 11 is 5.86. The van der Waals surface area contributed by atoms with Crippen LogP contribution < -0.4 is 5.32 Å². The molecule has 0 spiro atoms. The summed E-state index contributed by atoms with van der Waals surface area (Å²) in [5.74, 6) is 0.669. The first kappa shape index (κ1) is 12.8. The SMILES string of the molecule is CC1CCC(NCc2cc(Cl)ccc2F)CC1. The van der Waals surface area contributed by atoms with Crippen LogP contribution in [0.4, 0.5) is 4.39 Å². The van der Waals surface area contributed by atoms with E-state index in [2.05, 4.69) is 12.2 Å². The molecular weight excluding hydrogens is 237 g/mol. The predicted octanol–water partition coefficient (Wildman–Crippen LogP) is 4.15. The third-order valence-corrected chi connectivity index (χ3v) is 3.84. The maximum Gasteiger partial charge on any atom is 0.127 e. The van der Waals surface area contributed by atoms with Gasteiger partial charge in [0.1, 0.15) is 5.82 Å². The van der Waals surface area contributed by atoms with Gasteiger partial charge in [0.05, 0.1) is 0 Å². The Labute approximate surface area is 107 Å². The highest BCUT2D eigenvalue weighted by molar-refractivity contribution is 6.30. The van der Waals surface area contributed by atoms with Crippen LogP contribution in [0.2, 0.25) is 5.02 Å². The van der Waals surface area contributed by atoms with E-state index in [4.69, 9.17) is 11.6 Å². The van der Waals surface area contributed by atoms with Gasteiger partial charge < -0.3 is 5.32 Å². The van der Waals surface area contributed by atoms with Gasteiger partial charge in [0.15, 0.2) is 0 Å². The Kier molecular flexibility index (Phi) is 4.41. The first-order chi connectivity index (χ1) is 8.15. The van der Waals surface area contributed by atoms with Crippen molar-refractivity contribution in [2.45, 2.75) is 45.2 Å². The maximum absolute atomic E-state index is 13.5. The van der Waals surface area contributed by atoms with Crippen molar-refractivity contribution >= 4 is 11.6 Å². The molecule has 0 radical (unpaired) electrons. The van der Waals surface area contributed by atoms with Gasteiger partial charge in [-0.3, -0.25) is 0 Å². The fourth-order valence-electron chi connectivity index (χ4n) is 2.40. The highest BCUT2D eigenvalue weighted by Gasteiger charge is 2.17. The molecule has 1 saturated carbocycles. The highest BCUT2D eigenvalue weighted by atomic mass is 35.5. The first-order valence-electron chi connectivity index (χ1n) is 6.32. The van der Waals surface area contributed by atoms with Crippen molar-refractivity contribution in [2.24, 2.45) is 5.92 Å². The summed E-state index contributed by atoms with van der Waals surface area (Å²) in [5.41, 5.74) is 0.663. The van der Waals surface area contributed by atoms with Crippen molar-refractivity contribution in [1.82, 2.24) is 5.32 Å². The lowest BCUT2D eigenvalue weighted by atomic mass is 9.87. The minimum Gasteiger partial charge on any atom is -0.310 e. The van der Waals surface area contributed by atoms with Gasteiger partial charge in [0.2, 0.25) is 0 Å². The van der Waals surface area contributed by atoms with E-state index in [9.17, 15) is 4.39 Å². The molecule has 0 unspecified atom stereocenters. The van der Waals surface area contributed by atoms with Gasteiger partial charge in [-0.1, -0.05) is 18.5 Å². The van der Waals surface area contributed by atoms with E-state index in [1.165, 1.54) is 31.7 Å². The van der Waals surface area contributed by atoms with Gasteiger partial charge in [-0.2, -0.15) is 0 Å². The lowest BCUT2D eigenvalue weighted by Crippen LogP contribution is -2.32. The molecule has 1 aromatic rings. The Morgan fingerprint density at radius 2 is 2.00 bits per heavy atom. The molecule has 17 heavy (non-hydrogen) atoms. The van der Waals surface area contributed by atoms with E-state index in [0.29, 0.717) is 23.2 Å². The molecule has 1 aliphatic carbocycles. The number of hydrogen-bond donors (Lipinski definition) is 1. The van der Waals surface area contributed by atoms with Crippen LogP contribution in [0.25, 0.3) is 0 Å². The summed E-state index contributed by atoms with van der Waals surface area (Å²) in [6, 6.07) is 5.25. The topological polar surface area (TPSA) is 12.0 Å². The minimum atomic E-state index is -0.175. The Morgan fingerprint density at radius 1 is 1.29 bits per heavy atom. The van der Waals surface area contributed by atoms with Gasteiger partial charge in [0.25, 0.3) is 0 Å². The molecule has 3 heteroatoms. The molecule has 2 rings (SSSR count). The van der Waals surface area contributed by atoms with Crippen molar-refractivity contribution in [1.29, 1.82) is 0 Å². The average molecular weight is 256 g/mol. The third kappa shape index (κ3) is 3.68. The van der Waals surface area contributed by atoms with Crippen LogP contribution in [0.15, 0.2) is 18.2 Å². The van der Waals surface area contributed by atoms with Crippen LogP contribution in [0.5, 0.6) is 0 Å². The molecule has 1 nitrogen and oxygen atoms in total. The average Bonchev–Trinajstić information content (AvgIpc) is 2.32. The first-order valence-corrected chi connectivity index (χ1v) is 6.70. The van der Waals surface area contributed by atoms with Crippen LogP contribution in [0.1, 0.15) is 38.2 Å². The van der Waals surface area contributed by atoms with Crippen LogP contribution in [0.3, 0.4) is 0 Å². The fraction of sp³-hybridized carbons (Fsp3) is 0.571. The van der Waals surface area contributed by atoms with Gasteiger partial charge >= 0.3 is 0 Å². The zero-order valence-corrected chi connectivity index (χ0v) is 10.9. The van der Waals surface area contributed by atoms with Gasteiger partial charge in [0, 0.05) is 23.2 Å². The van der Waals surface area contributed by atoms with Crippen LogP contribution in [-0.4, -0.2) is 6.04 Å². The highest BCUT2D eigenvalue weighted by Crippen LogP contribution is 2.24. The molecule has 0 heterocycles. The van der Waals surface area contributed by atoms with Crippen molar-refractivity contribution < 1.29 is 4.39 Å². The van der Waals surface area contributed by atoms with Crippen LogP contribution >= 0.6 is 11.6 Å². The van der Waals surface area contributed by atoms with Gasteiger partial charge in [-0.15, -0.1) is 0 Å². The molecule has 0 atom stereocenters. The lowest BCUT2D eigenvalue weighted by Gasteiger charge is -2.27. The quantitative estimate of drug-likeness (QED) is 0.856. The third-order valence-electron chi connectivity index (χ3n) is 3.60. The summed E-state index contributed by atoms with van der Waals surface area (Å²) < 4.78 is 13.5. The smallest absolute Gasteiger partial charge is 0.127 e. The molecule has 1 fully saturated rings. The van der Waals surface area contributed by atoms with Crippen LogP contribution in [0, 0.1) is 11.7 Å². The Balaban J connectivity index is 1.87. The summed E-state index contributed by atoms with van der Waals surface area (Å²) in [5, 5.41) is 4.03. The van der Waals surface area contributed by atoms with E-state index >= 15 is 0 Å². The zero-order valence-electron chi connectivity index (χ0n) is 10.2. The second-order valence-electron chi connectivity index (χ2n) is 5.07. The van der Waals surface area contributed by atoms with E-state index < -0.39 is 0 Å². The number of nitrogens with one attached hydrogen (secondary N) is 1. The second kappa shape index (κ2) is 5.83. The predicted molar refractivity (Wildman–Crippen MR) is 69.7 cm³/mol. The molecule has 0 aromatic heterocycles. The number of hydrogen-bond acceptors (Lipinski definition) is 1. The Morgan fingerprint density at radius 3 is 2.71 bits per heavy atom. The maximum atomic E-state index is 13.5. The monoisotopic (exact) mass is 255 g/mol. The van der Waals surface area contributed by atoms with Crippen LogP contribution in [-0.2, 0) is 6.54 Å². The summed E-state index contributed by atoms with van der Waals surface area (Å²) in [6.07, 6.45) is 4.94. The van der Waals surface area contributed by atoms with Gasteiger partial charge in [-0.25, -0.2) is 4.39 Å². The molecule has 1 aliphatic rings. The van der Waals surface area contributed by atoms with Gasteiger partial charge in [-0.05, 0) is 49.8 Å². The molecular formula is C14H19ClFN. The van der Waals surface area contributed by atoms with Crippen molar-refractivity contribution in [3.63, 3.8) is 0 Å². The van der Waals surface area contributed by atoms with E-state index in [0.717, 1.165) is 5.92 Å². The molecule has 0 aliphatic heterocycles. The van der Waals surface area contributed by atoms with E-state index in [-0.39, 0.29) is 5.82 Å². The minimum absolute atomic E-state index is 0.175. The van der Waals surface area contributed by atoms with Crippen molar-refractivity contribution in [3.8, 4) is 0 Å². The summed E-state index contributed by atoms with van der Waals surface area (Å²) in [4.78, 5) is 0. The fourth-order valence-corrected chi connectivity index (χ4v) is 2.59. The zero-order chi connectivity index (χ0) is 12.3. The second-order valence-corrected chi connectivity index (χ2v) is 5.51. The molecule has 0 saturated heterocycles. The van der Waals surface area contributed by atoms with Crippen molar-refractivity contribution in [2.75, 3.05) is 0 Å². The number of halogens is 2. The molecule has 0 amide bonds. The summed E-state index contributed by atoms with van der Waals surface area (Å²) in [7, 11) is 0. The molecule has 94 valence electrons. The Hall–Kier alpha value is -0.600. The molecule has 1 N–H and O–H groups in total. The van der Waals surface area contributed by atoms with Crippen molar-refractivity contribution in [3.05, 3.63) is 34.6 Å². The molecule has 0 bridgehead atoms. The molecule has 1 aromatic carbocycles. The normalized spacial score (nSPS) is 24.9. The van der Waals surface area contributed by atoms with E-state index in [1.807, 2.05) is 0 Å². The number of rotatable bonds is 3. The largest absolute Gasteiger partial charge is 0.310 e. The lowest BCUT2D eigenvalue weighted by molar-refractivity contribution is 0.305. The Bertz CT molecular complexity index is 372. The van der Waals surface area contributed by atoms with E-state index in [1.54, 1.807) is 12.1 Å². The standard InChI is InChI=1S/C14H19ClFN/c1-10-2-5-13(6-3-10)17-9-11-8-12(15)4-7-14(11)16/h4,7-8,10,13,17H,2-3,5-6,9H2,1H3. The summed E-state index contributed by atoms with van der Waals surface area (Å²) in [6.45, 7) is 2.87.